The van der Waals surface area contributed by atoms with Crippen LogP contribution in [0.25, 0.3) is 33.6 Å². The summed E-state index contributed by atoms with van der Waals surface area (Å²) in [6, 6.07) is 18.0. The minimum atomic E-state index is -0.373. The Morgan fingerprint density at radius 2 is 1.33 bits per heavy atom. The molecule has 4 heterocycles. The summed E-state index contributed by atoms with van der Waals surface area (Å²) in [6.45, 7) is 5.79. The van der Waals surface area contributed by atoms with E-state index in [0.717, 1.165) is 50.6 Å². The molecule has 0 fully saturated rings. The van der Waals surface area contributed by atoms with Crippen LogP contribution in [0.3, 0.4) is 0 Å². The first-order valence-electron chi connectivity index (χ1n) is 13.7. The molecule has 9 nitrogen and oxygen atoms in total. The number of nitrogens with zero attached hydrogens (tertiary/aromatic N) is 4. The van der Waals surface area contributed by atoms with Gasteiger partial charge in [0.15, 0.2) is 0 Å². The van der Waals surface area contributed by atoms with E-state index in [1.165, 1.54) is 22.8 Å². The highest BCUT2D eigenvalue weighted by Crippen LogP contribution is 2.31. The van der Waals surface area contributed by atoms with E-state index in [0.29, 0.717) is 23.5 Å². The predicted octanol–water partition coefficient (Wildman–Crippen LogP) is 5.43. The van der Waals surface area contributed by atoms with Crippen molar-refractivity contribution in [3.63, 3.8) is 0 Å². The molecule has 43 heavy (non-hydrogen) atoms. The number of halogens is 1. The summed E-state index contributed by atoms with van der Waals surface area (Å²) < 4.78 is 22.3. The van der Waals surface area contributed by atoms with Crippen LogP contribution in [-0.4, -0.2) is 36.6 Å². The van der Waals surface area contributed by atoms with Crippen molar-refractivity contribution in [1.29, 1.82) is 0 Å². The maximum Gasteiger partial charge on any atom is 0.255 e. The minimum absolute atomic E-state index is 0.168. The Labute approximate surface area is 246 Å². The van der Waals surface area contributed by atoms with Crippen molar-refractivity contribution in [3.8, 4) is 39.4 Å². The van der Waals surface area contributed by atoms with E-state index in [4.69, 9.17) is 4.74 Å². The molecule has 216 valence electrons. The van der Waals surface area contributed by atoms with Crippen molar-refractivity contribution in [1.82, 2.24) is 29.5 Å². The molecule has 0 saturated carbocycles. The summed E-state index contributed by atoms with van der Waals surface area (Å²) in [5, 5.41) is 14.9. The number of nitrogens with one attached hydrogen (secondary N) is 2. The van der Waals surface area contributed by atoms with Gasteiger partial charge in [-0.05, 0) is 63.2 Å². The van der Waals surface area contributed by atoms with Crippen LogP contribution in [0, 0.1) is 26.6 Å². The zero-order valence-electron chi connectivity index (χ0n) is 24.1. The average molecular weight is 577 g/mol. The van der Waals surface area contributed by atoms with Crippen molar-refractivity contribution >= 4 is 0 Å². The standard InChI is InChI=1S/C33H29FN6O3/c1-19-32(20(2)36-35-19)23-6-13-31(42)40(17-23)27-10-5-22(29(16-27)43-4)15-28-33(21(3)37-38-28)24-7-14-30(41)39(18-24)26-11-8-25(34)9-12-26/h5-14,16-18H,15H2,1-4H3,(H,35,36)(H,37,38). The number of methoxy groups -OCH3 is 1. The zero-order valence-corrected chi connectivity index (χ0v) is 24.1. The fourth-order valence-electron chi connectivity index (χ4n) is 5.45. The van der Waals surface area contributed by atoms with Crippen molar-refractivity contribution in [3.05, 3.63) is 134 Å². The third-order valence-electron chi connectivity index (χ3n) is 7.56. The van der Waals surface area contributed by atoms with Crippen LogP contribution < -0.4 is 15.9 Å². The smallest absolute Gasteiger partial charge is 0.255 e. The molecule has 0 aliphatic rings. The van der Waals surface area contributed by atoms with Gasteiger partial charge in [-0.25, -0.2) is 4.39 Å². The third-order valence-corrected chi connectivity index (χ3v) is 7.56. The van der Waals surface area contributed by atoms with Gasteiger partial charge < -0.3 is 4.74 Å². The molecule has 2 aromatic carbocycles. The lowest BCUT2D eigenvalue weighted by Crippen LogP contribution is -2.17. The fraction of sp³-hybridized carbons (Fsp3) is 0.152. The lowest BCUT2D eigenvalue weighted by molar-refractivity contribution is 0.410. The summed E-state index contributed by atoms with van der Waals surface area (Å²) in [4.78, 5) is 25.6. The molecular formula is C33H29FN6O3. The summed E-state index contributed by atoms with van der Waals surface area (Å²) in [6.07, 6.45) is 3.98. The number of ether oxygens (including phenoxy) is 1. The monoisotopic (exact) mass is 576 g/mol. The van der Waals surface area contributed by atoms with Gasteiger partial charge in [0.05, 0.1) is 24.2 Å². The number of aromatic amines is 2. The number of H-pyrrole nitrogens is 2. The van der Waals surface area contributed by atoms with E-state index >= 15 is 0 Å². The molecule has 0 radical (unpaired) electrons. The lowest BCUT2D eigenvalue weighted by atomic mass is 9.99. The molecule has 0 aliphatic carbocycles. The van der Waals surface area contributed by atoms with E-state index < -0.39 is 0 Å². The van der Waals surface area contributed by atoms with Gasteiger partial charge in [-0.15, -0.1) is 0 Å². The molecule has 0 bridgehead atoms. The van der Waals surface area contributed by atoms with Crippen LogP contribution in [0.15, 0.2) is 88.7 Å². The van der Waals surface area contributed by atoms with Crippen LogP contribution in [0.5, 0.6) is 5.75 Å². The summed E-state index contributed by atoms with van der Waals surface area (Å²) >= 11 is 0. The third kappa shape index (κ3) is 5.19. The highest BCUT2D eigenvalue weighted by molar-refractivity contribution is 5.70. The highest BCUT2D eigenvalue weighted by atomic mass is 19.1. The van der Waals surface area contributed by atoms with Crippen LogP contribution in [0.4, 0.5) is 4.39 Å². The van der Waals surface area contributed by atoms with Crippen molar-refractivity contribution < 1.29 is 9.13 Å². The Morgan fingerprint density at radius 1 is 0.744 bits per heavy atom. The number of rotatable bonds is 7. The first kappa shape index (κ1) is 27.6. The Balaban J connectivity index is 1.36. The molecule has 0 spiro atoms. The average Bonchev–Trinajstić information content (AvgIpc) is 3.54. The number of hydrogen-bond acceptors (Lipinski definition) is 5. The summed E-state index contributed by atoms with van der Waals surface area (Å²) in [5.41, 5.74) is 8.56. The lowest BCUT2D eigenvalue weighted by Gasteiger charge is -2.14. The maximum absolute atomic E-state index is 13.5. The molecule has 4 aromatic heterocycles. The Morgan fingerprint density at radius 3 is 1.95 bits per heavy atom. The van der Waals surface area contributed by atoms with Gasteiger partial charge in [0.25, 0.3) is 11.1 Å². The van der Waals surface area contributed by atoms with Gasteiger partial charge in [0.1, 0.15) is 11.6 Å². The molecule has 6 rings (SSSR count). The number of hydrogen-bond donors (Lipinski definition) is 2. The molecule has 6 aromatic rings. The Hall–Kier alpha value is -5.51. The van der Waals surface area contributed by atoms with Crippen LogP contribution in [0.1, 0.15) is 28.3 Å². The second-order valence-corrected chi connectivity index (χ2v) is 10.4. The van der Waals surface area contributed by atoms with Gasteiger partial charge >= 0.3 is 0 Å². The maximum atomic E-state index is 13.5. The van der Waals surface area contributed by atoms with Crippen LogP contribution >= 0.6 is 0 Å². The van der Waals surface area contributed by atoms with E-state index in [1.54, 1.807) is 48.2 Å². The first-order chi connectivity index (χ1) is 20.7. The van der Waals surface area contributed by atoms with Gasteiger partial charge in [-0.1, -0.05) is 6.07 Å². The van der Waals surface area contributed by atoms with E-state index in [2.05, 4.69) is 20.4 Å². The molecule has 0 saturated heterocycles. The second kappa shape index (κ2) is 11.1. The number of aryl methyl sites for hydroxylation is 3. The predicted molar refractivity (Wildman–Crippen MR) is 163 cm³/mol. The Kier molecular flexibility index (Phi) is 7.11. The van der Waals surface area contributed by atoms with E-state index in [1.807, 2.05) is 45.2 Å². The fourth-order valence-corrected chi connectivity index (χ4v) is 5.45. The van der Waals surface area contributed by atoms with Crippen LogP contribution in [-0.2, 0) is 6.42 Å². The van der Waals surface area contributed by atoms with Gasteiger partial charge in [0, 0.05) is 81.9 Å². The molecule has 0 atom stereocenters. The SMILES string of the molecule is COc1cc(-n2cc(-c3c(C)n[nH]c3C)ccc2=O)ccc1Cc1n[nH]c(C)c1-c1ccc(=O)n(-c2ccc(F)cc2)c1. The van der Waals surface area contributed by atoms with Gasteiger partial charge in [-0.2, -0.15) is 10.2 Å². The molecule has 0 aliphatic heterocycles. The quantitative estimate of drug-likeness (QED) is 0.263. The van der Waals surface area contributed by atoms with E-state index in [9.17, 15) is 14.0 Å². The normalized spacial score (nSPS) is 11.2. The largest absolute Gasteiger partial charge is 0.496 e. The zero-order chi connectivity index (χ0) is 30.2. The molecular weight excluding hydrogens is 547 g/mol. The number of pyridine rings is 2. The molecule has 2 N–H and O–H groups in total. The van der Waals surface area contributed by atoms with E-state index in [-0.39, 0.29) is 16.9 Å². The topological polar surface area (TPSA) is 111 Å². The Bertz CT molecular complexity index is 2070. The molecule has 0 unspecified atom stereocenters. The number of benzene rings is 2. The van der Waals surface area contributed by atoms with Gasteiger partial charge in [0.2, 0.25) is 0 Å². The number of aromatic nitrogens is 6. The first-order valence-corrected chi connectivity index (χ1v) is 13.7. The molecule has 10 heteroatoms. The van der Waals surface area contributed by atoms with Crippen LogP contribution in [0.2, 0.25) is 0 Å². The van der Waals surface area contributed by atoms with Crippen molar-refractivity contribution in [2.45, 2.75) is 27.2 Å². The molecule has 0 amide bonds. The van der Waals surface area contributed by atoms with Gasteiger partial charge in [-0.3, -0.25) is 28.9 Å². The van der Waals surface area contributed by atoms with Crippen molar-refractivity contribution in [2.75, 3.05) is 7.11 Å². The summed E-state index contributed by atoms with van der Waals surface area (Å²) in [7, 11) is 1.59. The second-order valence-electron chi connectivity index (χ2n) is 10.4. The minimum Gasteiger partial charge on any atom is -0.496 e. The summed E-state index contributed by atoms with van der Waals surface area (Å²) in [5.74, 6) is 0.231. The van der Waals surface area contributed by atoms with Crippen molar-refractivity contribution in [2.24, 2.45) is 0 Å². The highest BCUT2D eigenvalue weighted by Gasteiger charge is 2.18.